The first-order chi connectivity index (χ1) is 8.97. The van der Waals surface area contributed by atoms with Gasteiger partial charge in [0.05, 0.1) is 5.02 Å². The quantitative estimate of drug-likeness (QED) is 0.663. The van der Waals surface area contributed by atoms with E-state index in [0.29, 0.717) is 22.2 Å². The molecule has 19 heavy (non-hydrogen) atoms. The molecule has 1 aromatic heterocycles. The van der Waals surface area contributed by atoms with E-state index >= 15 is 0 Å². The summed E-state index contributed by atoms with van der Waals surface area (Å²) in [6.07, 6.45) is 0. The van der Waals surface area contributed by atoms with E-state index in [-0.39, 0.29) is 5.76 Å². The van der Waals surface area contributed by atoms with Crippen molar-refractivity contribution in [1.29, 1.82) is 0 Å². The summed E-state index contributed by atoms with van der Waals surface area (Å²) in [7, 11) is 0. The van der Waals surface area contributed by atoms with Crippen molar-refractivity contribution in [3.63, 3.8) is 0 Å². The minimum atomic E-state index is -1.07. The Labute approximate surface area is 119 Å². The summed E-state index contributed by atoms with van der Waals surface area (Å²) in [5.74, 6) is 0.0595. The van der Waals surface area contributed by atoms with Crippen LogP contribution in [0.2, 0.25) is 5.02 Å². The van der Waals surface area contributed by atoms with Crippen molar-refractivity contribution >= 4 is 35.0 Å². The lowest BCUT2D eigenvalue weighted by Crippen LogP contribution is -1.91. The highest BCUT2D eigenvalue weighted by Gasteiger charge is 2.13. The maximum atomic E-state index is 10.8. The number of thioether (sulfide) groups is 1. The van der Waals surface area contributed by atoms with Crippen LogP contribution in [0.15, 0.2) is 33.6 Å². The Morgan fingerprint density at radius 3 is 2.84 bits per heavy atom. The van der Waals surface area contributed by atoms with Crippen molar-refractivity contribution in [1.82, 2.24) is 0 Å². The molecule has 2 rings (SSSR count). The molecule has 1 heterocycles. The maximum Gasteiger partial charge on any atom is 0.371 e. The minimum Gasteiger partial charge on any atom is -0.475 e. The molecule has 0 atom stereocenters. The third kappa shape index (κ3) is 3.24. The topological polar surface area (TPSA) is 76.5 Å². The number of rotatable bonds is 4. The monoisotopic (exact) mass is 297 g/mol. The molecule has 0 aliphatic rings. The van der Waals surface area contributed by atoms with Crippen LogP contribution in [0.3, 0.4) is 0 Å². The normalized spacial score (nSPS) is 10.6. The van der Waals surface area contributed by atoms with Crippen molar-refractivity contribution in [2.75, 3.05) is 5.73 Å². The largest absolute Gasteiger partial charge is 0.475 e. The minimum absolute atomic E-state index is 0.0493. The smallest absolute Gasteiger partial charge is 0.371 e. The van der Waals surface area contributed by atoms with Crippen LogP contribution >= 0.6 is 23.4 Å². The van der Waals surface area contributed by atoms with E-state index in [9.17, 15) is 4.79 Å². The molecule has 6 heteroatoms. The van der Waals surface area contributed by atoms with Crippen molar-refractivity contribution < 1.29 is 14.3 Å². The van der Waals surface area contributed by atoms with Crippen LogP contribution in [-0.2, 0) is 5.75 Å². The average Bonchev–Trinajstić information content (AvgIpc) is 2.72. The number of halogens is 1. The fraction of sp³-hybridized carbons (Fsp3) is 0.154. The Hall–Kier alpha value is -1.59. The number of carboxylic acid groups (broad SMARTS) is 1. The van der Waals surface area contributed by atoms with Crippen LogP contribution in [0.25, 0.3) is 0 Å². The van der Waals surface area contributed by atoms with Crippen LogP contribution in [0, 0.1) is 6.92 Å². The van der Waals surface area contributed by atoms with Crippen LogP contribution < -0.4 is 5.73 Å². The zero-order chi connectivity index (χ0) is 14.0. The number of carboxylic acids is 1. The van der Waals surface area contributed by atoms with Gasteiger partial charge in [0.25, 0.3) is 0 Å². The van der Waals surface area contributed by atoms with Gasteiger partial charge in [-0.2, -0.15) is 0 Å². The molecule has 0 amide bonds. The van der Waals surface area contributed by atoms with Crippen molar-refractivity contribution in [2.24, 2.45) is 0 Å². The second-order valence-electron chi connectivity index (χ2n) is 3.98. The standard InChI is InChI=1S/C13H12ClNO3S/c1-7-8(4-11(18-7)13(16)17)6-19-12-5-9(15)2-3-10(12)14/h2-5H,6,15H2,1H3,(H,16,17). The highest BCUT2D eigenvalue weighted by molar-refractivity contribution is 7.98. The highest BCUT2D eigenvalue weighted by atomic mass is 35.5. The zero-order valence-corrected chi connectivity index (χ0v) is 11.7. The van der Waals surface area contributed by atoms with Gasteiger partial charge in [0.1, 0.15) is 5.76 Å². The summed E-state index contributed by atoms with van der Waals surface area (Å²) >= 11 is 7.55. The van der Waals surface area contributed by atoms with E-state index in [1.165, 1.54) is 17.8 Å². The van der Waals surface area contributed by atoms with Gasteiger partial charge in [-0.15, -0.1) is 11.8 Å². The number of hydrogen-bond donors (Lipinski definition) is 2. The first kappa shape index (κ1) is 13.8. The number of nitrogen functional groups attached to an aromatic ring is 1. The lowest BCUT2D eigenvalue weighted by atomic mass is 10.3. The summed E-state index contributed by atoms with van der Waals surface area (Å²) in [6.45, 7) is 1.74. The molecule has 3 N–H and O–H groups in total. The van der Waals surface area contributed by atoms with E-state index in [1.807, 2.05) is 0 Å². The van der Waals surface area contributed by atoms with E-state index < -0.39 is 5.97 Å². The van der Waals surface area contributed by atoms with Gasteiger partial charge in [0.2, 0.25) is 5.76 Å². The number of nitrogens with two attached hydrogens (primary N) is 1. The summed E-state index contributed by atoms with van der Waals surface area (Å²) in [4.78, 5) is 11.7. The predicted molar refractivity (Wildman–Crippen MR) is 75.8 cm³/mol. The number of furan rings is 1. The number of benzene rings is 1. The molecule has 0 fully saturated rings. The summed E-state index contributed by atoms with van der Waals surface area (Å²) < 4.78 is 5.15. The highest BCUT2D eigenvalue weighted by Crippen LogP contribution is 2.32. The van der Waals surface area contributed by atoms with Gasteiger partial charge >= 0.3 is 5.97 Å². The Kier molecular flexibility index (Phi) is 4.07. The molecule has 2 aromatic rings. The third-order valence-corrected chi connectivity index (χ3v) is 4.12. The molecule has 0 unspecified atom stereocenters. The van der Waals surface area contributed by atoms with Gasteiger partial charge in [0, 0.05) is 21.9 Å². The lowest BCUT2D eigenvalue weighted by molar-refractivity contribution is 0.0661. The van der Waals surface area contributed by atoms with Gasteiger partial charge in [-0.1, -0.05) is 11.6 Å². The van der Waals surface area contributed by atoms with E-state index in [4.69, 9.17) is 26.9 Å². The molecular formula is C13H12ClNO3S. The van der Waals surface area contributed by atoms with Crippen molar-refractivity contribution in [3.8, 4) is 0 Å². The van der Waals surface area contributed by atoms with Gasteiger partial charge in [0.15, 0.2) is 0 Å². The predicted octanol–water partition coefficient (Wildman–Crippen LogP) is 3.81. The summed E-state index contributed by atoms with van der Waals surface area (Å²) in [5.41, 5.74) is 7.18. The Morgan fingerprint density at radius 2 is 2.21 bits per heavy atom. The molecular weight excluding hydrogens is 286 g/mol. The third-order valence-electron chi connectivity index (χ3n) is 2.57. The Balaban J connectivity index is 2.14. The first-order valence-corrected chi connectivity index (χ1v) is 6.84. The summed E-state index contributed by atoms with van der Waals surface area (Å²) in [5, 5.41) is 9.47. The molecule has 0 radical (unpaired) electrons. The molecule has 0 saturated carbocycles. The summed E-state index contributed by atoms with van der Waals surface area (Å²) in [6, 6.07) is 6.80. The van der Waals surface area contributed by atoms with Gasteiger partial charge in [-0.25, -0.2) is 4.79 Å². The SMILES string of the molecule is Cc1oc(C(=O)O)cc1CSc1cc(N)ccc1Cl. The number of anilines is 1. The second kappa shape index (κ2) is 5.59. The molecule has 0 spiro atoms. The van der Waals surface area contributed by atoms with Crippen LogP contribution in [0.5, 0.6) is 0 Å². The number of aryl methyl sites for hydroxylation is 1. The van der Waals surface area contributed by atoms with E-state index in [1.54, 1.807) is 25.1 Å². The Morgan fingerprint density at radius 1 is 1.47 bits per heavy atom. The van der Waals surface area contributed by atoms with Gasteiger partial charge < -0.3 is 15.3 Å². The first-order valence-electron chi connectivity index (χ1n) is 5.48. The fourth-order valence-corrected chi connectivity index (χ4v) is 2.86. The van der Waals surface area contributed by atoms with Crippen LogP contribution in [0.4, 0.5) is 5.69 Å². The molecule has 100 valence electrons. The average molecular weight is 298 g/mol. The van der Waals surface area contributed by atoms with E-state index in [2.05, 4.69) is 0 Å². The Bertz CT molecular complexity index is 624. The van der Waals surface area contributed by atoms with Gasteiger partial charge in [-0.3, -0.25) is 0 Å². The molecule has 0 saturated heterocycles. The number of carbonyl (C=O) groups is 1. The van der Waals surface area contributed by atoms with E-state index in [0.717, 1.165) is 10.5 Å². The van der Waals surface area contributed by atoms with Gasteiger partial charge in [-0.05, 0) is 31.2 Å². The second-order valence-corrected chi connectivity index (χ2v) is 5.40. The zero-order valence-electron chi connectivity index (χ0n) is 10.1. The molecule has 0 bridgehead atoms. The van der Waals surface area contributed by atoms with Crippen molar-refractivity contribution in [3.05, 3.63) is 46.4 Å². The lowest BCUT2D eigenvalue weighted by Gasteiger charge is -2.04. The number of hydrogen-bond acceptors (Lipinski definition) is 4. The fourth-order valence-electron chi connectivity index (χ4n) is 1.55. The van der Waals surface area contributed by atoms with Crippen LogP contribution in [-0.4, -0.2) is 11.1 Å². The number of aromatic carboxylic acids is 1. The molecule has 0 aliphatic heterocycles. The molecule has 4 nitrogen and oxygen atoms in total. The van der Waals surface area contributed by atoms with Crippen LogP contribution in [0.1, 0.15) is 21.9 Å². The molecule has 0 aliphatic carbocycles. The van der Waals surface area contributed by atoms with Crippen molar-refractivity contribution in [2.45, 2.75) is 17.6 Å². The molecule has 1 aromatic carbocycles. The maximum absolute atomic E-state index is 10.8.